The molecule has 1 heterocycles. The molecule has 4 fully saturated rings. The van der Waals surface area contributed by atoms with Crippen LogP contribution in [0.4, 0.5) is 0 Å². The summed E-state index contributed by atoms with van der Waals surface area (Å²) in [6, 6.07) is 6.45. The quantitative estimate of drug-likeness (QED) is 0.736. The van der Waals surface area contributed by atoms with E-state index in [1.54, 1.807) is 0 Å². The third kappa shape index (κ3) is 1.92. The number of carbonyl (C=O) groups is 1. The van der Waals surface area contributed by atoms with Gasteiger partial charge in [0.1, 0.15) is 0 Å². The first-order valence-corrected chi connectivity index (χ1v) is 9.70. The minimum Gasteiger partial charge on any atom is -0.357 e. The van der Waals surface area contributed by atoms with Gasteiger partial charge in [0.15, 0.2) is 6.29 Å². The Morgan fingerprint density at radius 1 is 1.08 bits per heavy atom. The summed E-state index contributed by atoms with van der Waals surface area (Å²) < 4.78 is 0. The molecule has 6 rings (SSSR count). The van der Waals surface area contributed by atoms with Gasteiger partial charge < -0.3 is 4.98 Å². The van der Waals surface area contributed by atoms with Crippen molar-refractivity contribution in [2.75, 3.05) is 0 Å². The fourth-order valence-corrected chi connectivity index (χ4v) is 6.70. The Hall–Kier alpha value is -1.57. The highest BCUT2D eigenvalue weighted by atomic mass is 16.1. The van der Waals surface area contributed by atoms with Gasteiger partial charge in [-0.1, -0.05) is 32.0 Å². The molecule has 4 aliphatic rings. The maximum absolute atomic E-state index is 12.1. The molecule has 0 spiro atoms. The van der Waals surface area contributed by atoms with Crippen LogP contribution >= 0.6 is 0 Å². The molecule has 0 unspecified atom stereocenters. The average Bonchev–Trinajstić information content (AvgIpc) is 2.92. The van der Waals surface area contributed by atoms with Crippen molar-refractivity contribution in [1.29, 1.82) is 0 Å². The van der Waals surface area contributed by atoms with Crippen molar-refractivity contribution in [3.05, 3.63) is 35.0 Å². The minimum atomic E-state index is 0.248. The molecular weight excluding hydrogens is 294 g/mol. The number of aromatic nitrogens is 1. The number of hydrogen-bond acceptors (Lipinski definition) is 1. The summed E-state index contributed by atoms with van der Waals surface area (Å²) in [7, 11) is 0. The van der Waals surface area contributed by atoms with Crippen LogP contribution in [0.2, 0.25) is 0 Å². The highest BCUT2D eigenvalue weighted by Crippen LogP contribution is 2.61. The number of carbonyl (C=O) groups excluding carboxylic acids is 1. The SMILES string of the molecule is CC(C)c1cccc2c(C=O)c(C34CC5CC(CC(C5)C3)C4)[nH]c12. The van der Waals surface area contributed by atoms with Crippen molar-refractivity contribution >= 4 is 17.2 Å². The van der Waals surface area contributed by atoms with Gasteiger partial charge in [-0.25, -0.2) is 0 Å². The Kier molecular flexibility index (Phi) is 3.05. The zero-order chi connectivity index (χ0) is 16.5. The van der Waals surface area contributed by atoms with Crippen molar-refractivity contribution in [3.63, 3.8) is 0 Å². The summed E-state index contributed by atoms with van der Waals surface area (Å²) in [5.41, 5.74) is 5.03. The molecule has 126 valence electrons. The third-order valence-electron chi connectivity index (χ3n) is 7.21. The summed E-state index contributed by atoms with van der Waals surface area (Å²) >= 11 is 0. The van der Waals surface area contributed by atoms with Crippen molar-refractivity contribution < 1.29 is 4.79 Å². The van der Waals surface area contributed by atoms with Gasteiger partial charge in [0, 0.05) is 27.6 Å². The largest absolute Gasteiger partial charge is 0.357 e. The molecule has 4 aliphatic carbocycles. The number of para-hydroxylation sites is 1. The van der Waals surface area contributed by atoms with Gasteiger partial charge in [0.2, 0.25) is 0 Å². The van der Waals surface area contributed by atoms with E-state index in [4.69, 9.17) is 0 Å². The first-order valence-electron chi connectivity index (χ1n) is 9.70. The Morgan fingerprint density at radius 3 is 2.25 bits per heavy atom. The Morgan fingerprint density at radius 2 is 1.71 bits per heavy atom. The van der Waals surface area contributed by atoms with Crippen LogP contribution in [0.1, 0.15) is 79.9 Å². The fourth-order valence-electron chi connectivity index (χ4n) is 6.70. The molecule has 0 aliphatic heterocycles. The Bertz CT molecular complexity index is 777. The van der Waals surface area contributed by atoms with Crippen LogP contribution < -0.4 is 0 Å². The number of aromatic amines is 1. The van der Waals surface area contributed by atoms with Crippen molar-refractivity contribution in [3.8, 4) is 0 Å². The molecule has 0 atom stereocenters. The van der Waals surface area contributed by atoms with E-state index in [0.717, 1.165) is 35.0 Å². The Balaban J connectivity index is 1.72. The lowest BCUT2D eigenvalue weighted by Gasteiger charge is -2.56. The summed E-state index contributed by atoms with van der Waals surface area (Å²) in [5.74, 6) is 3.15. The molecular formula is C22H27NO. The molecule has 2 heteroatoms. The Labute approximate surface area is 144 Å². The second-order valence-electron chi connectivity index (χ2n) is 9.15. The van der Waals surface area contributed by atoms with Gasteiger partial charge in [-0.2, -0.15) is 0 Å². The monoisotopic (exact) mass is 321 g/mol. The maximum atomic E-state index is 12.1. The smallest absolute Gasteiger partial charge is 0.152 e. The molecule has 2 nitrogen and oxygen atoms in total. The summed E-state index contributed by atoms with van der Waals surface area (Å²) in [6.07, 6.45) is 9.32. The lowest BCUT2D eigenvalue weighted by atomic mass is 9.48. The number of fused-ring (bicyclic) bond motifs is 1. The van der Waals surface area contributed by atoms with Crippen LogP contribution in [0.5, 0.6) is 0 Å². The number of hydrogen-bond donors (Lipinski definition) is 1. The molecule has 1 aromatic carbocycles. The summed E-state index contributed by atoms with van der Waals surface area (Å²) in [5, 5.41) is 1.14. The molecule has 24 heavy (non-hydrogen) atoms. The standard InChI is InChI=1S/C22H27NO/c1-13(2)17-4-3-5-18-19(12-24)21(23-20(17)18)22-9-14-6-15(10-22)8-16(7-14)11-22/h3-5,12-16,23H,6-11H2,1-2H3. The second-order valence-corrected chi connectivity index (χ2v) is 9.15. The summed E-state index contributed by atoms with van der Waals surface area (Å²) in [4.78, 5) is 15.8. The van der Waals surface area contributed by atoms with E-state index in [1.165, 1.54) is 55.3 Å². The maximum Gasteiger partial charge on any atom is 0.152 e. The molecule has 0 saturated heterocycles. The molecule has 0 radical (unpaired) electrons. The van der Waals surface area contributed by atoms with E-state index in [0.29, 0.717) is 5.92 Å². The predicted molar refractivity (Wildman–Crippen MR) is 97.6 cm³/mol. The number of benzene rings is 1. The van der Waals surface area contributed by atoms with Crippen molar-refractivity contribution in [2.24, 2.45) is 17.8 Å². The van der Waals surface area contributed by atoms with Crippen molar-refractivity contribution in [2.45, 2.75) is 63.7 Å². The lowest BCUT2D eigenvalue weighted by molar-refractivity contribution is -0.00711. The van der Waals surface area contributed by atoms with Crippen LogP contribution in [0.15, 0.2) is 18.2 Å². The molecule has 1 N–H and O–H groups in total. The topological polar surface area (TPSA) is 32.9 Å². The minimum absolute atomic E-state index is 0.248. The zero-order valence-corrected chi connectivity index (χ0v) is 14.8. The molecule has 4 saturated carbocycles. The van der Waals surface area contributed by atoms with Gasteiger partial charge in [-0.3, -0.25) is 4.79 Å². The first kappa shape index (κ1) is 14.7. The number of nitrogens with one attached hydrogen (secondary N) is 1. The highest BCUT2D eigenvalue weighted by Gasteiger charge is 2.53. The van der Waals surface area contributed by atoms with Crippen LogP contribution in [-0.2, 0) is 5.41 Å². The normalized spacial score (nSPS) is 34.4. The fraction of sp³-hybridized carbons (Fsp3) is 0.591. The van der Waals surface area contributed by atoms with E-state index < -0.39 is 0 Å². The predicted octanol–water partition coefficient (Wildman–Crippen LogP) is 5.57. The number of H-pyrrole nitrogens is 1. The van der Waals surface area contributed by atoms with Crippen LogP contribution in [0.25, 0.3) is 10.9 Å². The van der Waals surface area contributed by atoms with Gasteiger partial charge in [-0.05, 0) is 67.8 Å². The van der Waals surface area contributed by atoms with E-state index in [1.807, 2.05) is 0 Å². The number of rotatable bonds is 3. The number of aldehydes is 1. The average molecular weight is 321 g/mol. The van der Waals surface area contributed by atoms with Gasteiger partial charge in [0.05, 0.1) is 0 Å². The molecule has 1 aromatic heterocycles. The van der Waals surface area contributed by atoms with Crippen molar-refractivity contribution in [1.82, 2.24) is 4.98 Å². The van der Waals surface area contributed by atoms with E-state index in [-0.39, 0.29) is 5.41 Å². The van der Waals surface area contributed by atoms with E-state index >= 15 is 0 Å². The summed E-state index contributed by atoms with van der Waals surface area (Å²) in [6.45, 7) is 4.47. The third-order valence-corrected chi connectivity index (χ3v) is 7.21. The van der Waals surface area contributed by atoms with E-state index in [2.05, 4.69) is 37.0 Å². The van der Waals surface area contributed by atoms with Gasteiger partial charge in [0.25, 0.3) is 0 Å². The van der Waals surface area contributed by atoms with E-state index in [9.17, 15) is 4.79 Å². The molecule has 0 amide bonds. The molecule has 2 aromatic rings. The zero-order valence-electron chi connectivity index (χ0n) is 14.8. The second kappa shape index (κ2) is 4.97. The van der Waals surface area contributed by atoms with Crippen LogP contribution in [0, 0.1) is 17.8 Å². The molecule has 4 bridgehead atoms. The van der Waals surface area contributed by atoms with Gasteiger partial charge in [-0.15, -0.1) is 0 Å². The lowest BCUT2D eigenvalue weighted by Crippen LogP contribution is -2.49. The first-order chi connectivity index (χ1) is 11.6. The highest BCUT2D eigenvalue weighted by molar-refractivity contribution is 6.00. The van der Waals surface area contributed by atoms with Crippen LogP contribution in [-0.4, -0.2) is 11.3 Å². The van der Waals surface area contributed by atoms with Gasteiger partial charge >= 0.3 is 0 Å². The van der Waals surface area contributed by atoms with Crippen LogP contribution in [0.3, 0.4) is 0 Å².